The molecule has 0 saturated heterocycles. The highest BCUT2D eigenvalue weighted by Gasteiger charge is 2.34. The summed E-state index contributed by atoms with van der Waals surface area (Å²) in [5.74, 6) is 0.959. The Balaban J connectivity index is 1.53. The van der Waals surface area contributed by atoms with Crippen molar-refractivity contribution in [2.45, 2.75) is 45.2 Å². The van der Waals surface area contributed by atoms with Crippen LogP contribution in [0.3, 0.4) is 0 Å². The second kappa shape index (κ2) is 6.75. The van der Waals surface area contributed by atoms with Gasteiger partial charge in [0, 0.05) is 22.9 Å². The lowest BCUT2D eigenvalue weighted by Crippen LogP contribution is -2.38. The predicted molar refractivity (Wildman–Crippen MR) is 89.2 cm³/mol. The number of hydrogen-bond donors (Lipinski definition) is 2. The molecule has 2 amide bonds. The lowest BCUT2D eigenvalue weighted by atomic mass is 10.2. The van der Waals surface area contributed by atoms with Crippen LogP contribution in [0.25, 0.3) is 0 Å². The minimum atomic E-state index is -0.147. The quantitative estimate of drug-likeness (QED) is 0.846. The van der Waals surface area contributed by atoms with Crippen LogP contribution in [0.15, 0.2) is 17.0 Å². The predicted octanol–water partition coefficient (Wildman–Crippen LogP) is 3.67. The number of amides is 2. The molecule has 5 nitrogen and oxygen atoms in total. The van der Waals surface area contributed by atoms with Crippen molar-refractivity contribution in [2.24, 2.45) is 5.92 Å². The average Bonchev–Trinajstić information content (AvgIpc) is 3.01. The fourth-order valence-electron chi connectivity index (χ4n) is 2.23. The van der Waals surface area contributed by atoms with Crippen molar-refractivity contribution in [1.82, 2.24) is 20.6 Å². The van der Waals surface area contributed by atoms with E-state index in [0.717, 1.165) is 28.6 Å². The molecule has 22 heavy (non-hydrogen) atoms. The van der Waals surface area contributed by atoms with Crippen molar-refractivity contribution in [3.05, 3.63) is 32.7 Å². The van der Waals surface area contributed by atoms with E-state index in [1.54, 1.807) is 28.9 Å². The molecule has 2 aromatic rings. The molecule has 0 aliphatic heterocycles. The molecule has 1 atom stereocenters. The number of rotatable bonds is 6. The van der Waals surface area contributed by atoms with Gasteiger partial charge in [-0.25, -0.2) is 14.8 Å². The summed E-state index contributed by atoms with van der Waals surface area (Å²) in [5, 5.41) is 12.0. The summed E-state index contributed by atoms with van der Waals surface area (Å²) in [7, 11) is 0. The molecule has 1 aliphatic carbocycles. The van der Waals surface area contributed by atoms with E-state index in [0.29, 0.717) is 18.4 Å². The summed E-state index contributed by atoms with van der Waals surface area (Å²) in [6.07, 6.45) is 4.11. The molecule has 3 rings (SSSR count). The molecule has 0 radical (unpaired) electrons. The minimum Gasteiger partial charge on any atom is -0.332 e. The Hall–Kier alpha value is -1.47. The summed E-state index contributed by atoms with van der Waals surface area (Å²) in [6, 6.07) is -0.104. The topological polar surface area (TPSA) is 66.9 Å². The highest BCUT2D eigenvalue weighted by atomic mass is 32.1. The van der Waals surface area contributed by atoms with E-state index < -0.39 is 0 Å². The van der Waals surface area contributed by atoms with E-state index in [4.69, 9.17) is 0 Å². The van der Waals surface area contributed by atoms with Gasteiger partial charge in [-0.3, -0.25) is 0 Å². The number of hydrogen-bond acceptors (Lipinski definition) is 5. The summed E-state index contributed by atoms with van der Waals surface area (Å²) in [4.78, 5) is 21.0. The van der Waals surface area contributed by atoms with Crippen molar-refractivity contribution in [1.29, 1.82) is 0 Å². The van der Waals surface area contributed by atoms with Gasteiger partial charge in [-0.2, -0.15) is 0 Å². The number of nitrogens with zero attached hydrogens (tertiary/aromatic N) is 2. The molecule has 0 spiro atoms. The molecule has 118 valence electrons. The van der Waals surface area contributed by atoms with Crippen molar-refractivity contribution in [3.8, 4) is 0 Å². The van der Waals surface area contributed by atoms with Crippen LogP contribution in [-0.4, -0.2) is 16.0 Å². The minimum absolute atomic E-state index is 0.0432. The van der Waals surface area contributed by atoms with Crippen LogP contribution in [0.2, 0.25) is 0 Å². The number of nitrogens with one attached hydrogen (secondary N) is 2. The number of thiazole rings is 2. The number of aromatic nitrogens is 2. The van der Waals surface area contributed by atoms with E-state index in [1.807, 2.05) is 10.8 Å². The highest BCUT2D eigenvalue weighted by Crippen LogP contribution is 2.41. The number of urea groups is 1. The molecule has 1 fully saturated rings. The van der Waals surface area contributed by atoms with Gasteiger partial charge in [-0.15, -0.1) is 22.7 Å². The van der Waals surface area contributed by atoms with E-state index in [9.17, 15) is 4.79 Å². The second-order valence-corrected chi connectivity index (χ2v) is 7.66. The zero-order valence-electron chi connectivity index (χ0n) is 12.7. The number of carbonyl (C=O) groups excluding carboxylic acids is 1. The molecule has 2 heterocycles. The van der Waals surface area contributed by atoms with Gasteiger partial charge in [-0.1, -0.05) is 13.8 Å². The fourth-order valence-corrected chi connectivity index (χ4v) is 3.85. The first-order valence-electron chi connectivity index (χ1n) is 7.51. The first-order valence-corrected chi connectivity index (χ1v) is 9.27. The van der Waals surface area contributed by atoms with Crippen molar-refractivity contribution in [3.63, 3.8) is 0 Å². The maximum atomic E-state index is 12.1. The summed E-state index contributed by atoms with van der Waals surface area (Å²) >= 11 is 3.24. The molecule has 0 bridgehead atoms. The lowest BCUT2D eigenvalue weighted by Gasteiger charge is -2.16. The summed E-state index contributed by atoms with van der Waals surface area (Å²) in [6.45, 7) is 4.71. The maximum Gasteiger partial charge on any atom is 0.315 e. The normalized spacial score (nSPS) is 15.8. The van der Waals surface area contributed by atoms with E-state index in [1.165, 1.54) is 0 Å². The third-order valence-electron chi connectivity index (χ3n) is 3.59. The Morgan fingerprint density at radius 2 is 2.18 bits per heavy atom. The molecule has 1 aliphatic rings. The number of carbonyl (C=O) groups is 1. The van der Waals surface area contributed by atoms with Crippen LogP contribution < -0.4 is 10.6 Å². The molecule has 1 unspecified atom stereocenters. The Bertz CT molecular complexity index is 619. The monoisotopic (exact) mass is 336 g/mol. The van der Waals surface area contributed by atoms with Crippen LogP contribution in [0, 0.1) is 5.92 Å². The SMILES string of the molecule is CC(C)c1nc(CNC(=O)NC(c2nccs2)C2CC2)cs1. The Labute approximate surface area is 138 Å². The molecule has 1 saturated carbocycles. The van der Waals surface area contributed by atoms with Gasteiger partial charge in [0.2, 0.25) is 0 Å². The standard InChI is InChI=1S/C15H20N4OS2/c1-9(2)13-18-11(8-22-13)7-17-15(20)19-12(10-3-4-10)14-16-5-6-21-14/h5-6,8-10,12H,3-4,7H2,1-2H3,(H2,17,19,20). The van der Waals surface area contributed by atoms with Crippen LogP contribution in [-0.2, 0) is 6.54 Å². The summed E-state index contributed by atoms with van der Waals surface area (Å²) < 4.78 is 0. The van der Waals surface area contributed by atoms with E-state index >= 15 is 0 Å². The van der Waals surface area contributed by atoms with E-state index in [-0.39, 0.29) is 12.1 Å². The molecule has 2 aromatic heterocycles. The van der Waals surface area contributed by atoms with Gasteiger partial charge < -0.3 is 10.6 Å². The second-order valence-electron chi connectivity index (χ2n) is 5.84. The third-order valence-corrected chi connectivity index (χ3v) is 5.64. The Morgan fingerprint density at radius 1 is 1.36 bits per heavy atom. The van der Waals surface area contributed by atoms with Gasteiger partial charge in [0.1, 0.15) is 5.01 Å². The Morgan fingerprint density at radius 3 is 2.77 bits per heavy atom. The molecular formula is C15H20N4OS2. The van der Waals surface area contributed by atoms with Crippen molar-refractivity contribution >= 4 is 28.7 Å². The first-order chi connectivity index (χ1) is 10.6. The largest absolute Gasteiger partial charge is 0.332 e. The lowest BCUT2D eigenvalue weighted by molar-refractivity contribution is 0.235. The Kier molecular flexibility index (Phi) is 4.73. The van der Waals surface area contributed by atoms with Crippen LogP contribution >= 0.6 is 22.7 Å². The maximum absolute atomic E-state index is 12.1. The zero-order valence-corrected chi connectivity index (χ0v) is 14.3. The van der Waals surface area contributed by atoms with Crippen molar-refractivity contribution < 1.29 is 4.79 Å². The molecule has 2 N–H and O–H groups in total. The van der Waals surface area contributed by atoms with Gasteiger partial charge in [-0.05, 0) is 18.8 Å². The van der Waals surface area contributed by atoms with Crippen LogP contribution in [0.1, 0.15) is 54.4 Å². The fraction of sp³-hybridized carbons (Fsp3) is 0.533. The average molecular weight is 336 g/mol. The molecule has 7 heteroatoms. The summed E-state index contributed by atoms with van der Waals surface area (Å²) in [5.41, 5.74) is 0.918. The van der Waals surface area contributed by atoms with Gasteiger partial charge in [0.05, 0.1) is 23.3 Å². The van der Waals surface area contributed by atoms with Crippen LogP contribution in [0.5, 0.6) is 0 Å². The smallest absolute Gasteiger partial charge is 0.315 e. The van der Waals surface area contributed by atoms with Crippen molar-refractivity contribution in [2.75, 3.05) is 0 Å². The van der Waals surface area contributed by atoms with Gasteiger partial charge in [0.15, 0.2) is 0 Å². The van der Waals surface area contributed by atoms with Gasteiger partial charge in [0.25, 0.3) is 0 Å². The first kappa shape index (κ1) is 15.4. The molecular weight excluding hydrogens is 316 g/mol. The van der Waals surface area contributed by atoms with E-state index in [2.05, 4.69) is 34.4 Å². The molecule has 0 aromatic carbocycles. The zero-order chi connectivity index (χ0) is 15.5. The third kappa shape index (κ3) is 3.84. The van der Waals surface area contributed by atoms with Crippen LogP contribution in [0.4, 0.5) is 4.79 Å². The van der Waals surface area contributed by atoms with Gasteiger partial charge >= 0.3 is 6.03 Å². The highest BCUT2D eigenvalue weighted by molar-refractivity contribution is 7.10.